The molecule has 18 heavy (non-hydrogen) atoms. The van der Waals surface area contributed by atoms with Crippen LogP contribution in [0.15, 0.2) is 12.2 Å². The first-order chi connectivity index (χ1) is 8.40. The molecule has 0 aliphatic heterocycles. The summed E-state index contributed by atoms with van der Waals surface area (Å²) in [5, 5.41) is 0. The molecule has 6 nitrogen and oxygen atoms in total. The largest absolute Gasteiger partial charge is 0.468 e. The molecule has 1 aliphatic carbocycles. The minimum atomic E-state index is -1.86. The second kappa shape index (κ2) is 5.12. The predicted molar refractivity (Wildman–Crippen MR) is 59.4 cm³/mol. The Bertz CT molecular complexity index is 418. The van der Waals surface area contributed by atoms with E-state index < -0.39 is 29.1 Å². The number of carbonyl (C=O) groups excluding carboxylic acids is 4. The van der Waals surface area contributed by atoms with Crippen molar-refractivity contribution in [3.63, 3.8) is 0 Å². The second-order valence-electron chi connectivity index (χ2n) is 4.02. The third kappa shape index (κ3) is 2.05. The molecule has 0 amide bonds. The first-order valence-corrected chi connectivity index (χ1v) is 5.29. The normalized spacial score (nSPS) is 21.3. The van der Waals surface area contributed by atoms with Crippen LogP contribution in [0, 0.1) is 11.3 Å². The zero-order valence-corrected chi connectivity index (χ0v) is 10.4. The third-order valence-corrected chi connectivity index (χ3v) is 3.02. The zero-order valence-electron chi connectivity index (χ0n) is 10.4. The van der Waals surface area contributed by atoms with Gasteiger partial charge in [-0.25, -0.2) is 0 Å². The lowest BCUT2D eigenvalue weighted by Crippen LogP contribution is -2.50. The molecule has 0 bridgehead atoms. The van der Waals surface area contributed by atoms with Crippen molar-refractivity contribution in [3.05, 3.63) is 12.2 Å². The van der Waals surface area contributed by atoms with Crippen molar-refractivity contribution in [2.75, 3.05) is 14.2 Å². The molecule has 0 radical (unpaired) electrons. The van der Waals surface area contributed by atoms with Crippen molar-refractivity contribution in [1.82, 2.24) is 0 Å². The van der Waals surface area contributed by atoms with E-state index in [9.17, 15) is 19.2 Å². The van der Waals surface area contributed by atoms with E-state index in [-0.39, 0.29) is 12.2 Å². The fourth-order valence-corrected chi connectivity index (χ4v) is 2.08. The molecular formula is C12H14O6. The lowest BCUT2D eigenvalue weighted by Gasteiger charge is -2.33. The summed E-state index contributed by atoms with van der Waals surface area (Å²) in [5.41, 5.74) is -1.86. The van der Waals surface area contributed by atoms with Crippen molar-refractivity contribution >= 4 is 23.5 Å². The number of rotatable bonds is 3. The van der Waals surface area contributed by atoms with Gasteiger partial charge in [0.05, 0.1) is 20.1 Å². The molecule has 1 unspecified atom stereocenters. The fourth-order valence-electron chi connectivity index (χ4n) is 2.08. The average molecular weight is 254 g/mol. The van der Waals surface area contributed by atoms with Crippen LogP contribution in [0.2, 0.25) is 0 Å². The van der Waals surface area contributed by atoms with Gasteiger partial charge < -0.3 is 9.47 Å². The number of hydrogen-bond donors (Lipinski definition) is 0. The number of hydrogen-bond acceptors (Lipinski definition) is 6. The molecule has 0 saturated heterocycles. The van der Waals surface area contributed by atoms with Crippen LogP contribution in [-0.4, -0.2) is 37.7 Å². The van der Waals surface area contributed by atoms with E-state index >= 15 is 0 Å². The molecule has 0 fully saturated rings. The van der Waals surface area contributed by atoms with Gasteiger partial charge in [-0.1, -0.05) is 6.08 Å². The molecule has 0 spiro atoms. The highest BCUT2D eigenvalue weighted by molar-refractivity contribution is 6.10. The van der Waals surface area contributed by atoms with Crippen molar-refractivity contribution in [2.24, 2.45) is 11.3 Å². The Labute approximate surface area is 104 Å². The Kier molecular flexibility index (Phi) is 4.00. The lowest BCUT2D eigenvalue weighted by molar-refractivity contribution is -0.171. The summed E-state index contributed by atoms with van der Waals surface area (Å²) in [6.45, 7) is 1.22. The topological polar surface area (TPSA) is 86.7 Å². The molecule has 1 rings (SSSR count). The average Bonchev–Trinajstić information content (AvgIpc) is 2.36. The quantitative estimate of drug-likeness (QED) is 0.522. The Morgan fingerprint density at radius 2 is 1.72 bits per heavy atom. The number of allylic oxidation sites excluding steroid dienone is 1. The van der Waals surface area contributed by atoms with Gasteiger partial charge in [0, 0.05) is 6.42 Å². The summed E-state index contributed by atoms with van der Waals surface area (Å²) in [6, 6.07) is 0. The van der Waals surface area contributed by atoms with E-state index in [1.54, 1.807) is 0 Å². The molecule has 0 N–H and O–H groups in total. The highest BCUT2D eigenvalue weighted by Gasteiger charge is 2.56. The minimum absolute atomic E-state index is 0.212. The summed E-state index contributed by atoms with van der Waals surface area (Å²) >= 11 is 0. The maximum Gasteiger partial charge on any atom is 0.327 e. The number of methoxy groups -OCH3 is 2. The summed E-state index contributed by atoms with van der Waals surface area (Å²) < 4.78 is 9.15. The minimum Gasteiger partial charge on any atom is -0.468 e. The molecule has 1 atom stereocenters. The van der Waals surface area contributed by atoms with E-state index in [1.807, 2.05) is 0 Å². The molecule has 0 aromatic carbocycles. The van der Waals surface area contributed by atoms with Gasteiger partial charge in [-0.15, -0.1) is 0 Å². The highest BCUT2D eigenvalue weighted by atomic mass is 16.5. The van der Waals surface area contributed by atoms with E-state index in [2.05, 4.69) is 9.47 Å². The summed E-state index contributed by atoms with van der Waals surface area (Å²) in [6.07, 6.45) is 1.99. The van der Waals surface area contributed by atoms with Crippen LogP contribution in [0.4, 0.5) is 0 Å². The SMILES string of the molecule is COC(=O)C1(C(=O)OC)C=CC(=O)CC1C(C)=O. The van der Waals surface area contributed by atoms with Crippen LogP contribution in [0.1, 0.15) is 13.3 Å². The van der Waals surface area contributed by atoms with E-state index in [4.69, 9.17) is 0 Å². The van der Waals surface area contributed by atoms with Crippen LogP contribution in [0.5, 0.6) is 0 Å². The first-order valence-electron chi connectivity index (χ1n) is 5.29. The summed E-state index contributed by atoms with van der Waals surface area (Å²) in [4.78, 5) is 46.7. The number of ketones is 2. The van der Waals surface area contributed by atoms with Crippen LogP contribution >= 0.6 is 0 Å². The first kappa shape index (κ1) is 14.1. The van der Waals surface area contributed by atoms with Crippen molar-refractivity contribution in [3.8, 4) is 0 Å². The molecule has 0 heterocycles. The van der Waals surface area contributed by atoms with Crippen molar-refractivity contribution in [1.29, 1.82) is 0 Å². The zero-order chi connectivity index (χ0) is 13.9. The molecule has 0 aromatic heterocycles. The third-order valence-electron chi connectivity index (χ3n) is 3.02. The maximum absolute atomic E-state index is 11.9. The van der Waals surface area contributed by atoms with Crippen LogP contribution in [-0.2, 0) is 28.7 Å². The smallest absolute Gasteiger partial charge is 0.327 e. The fraction of sp³-hybridized carbons (Fsp3) is 0.500. The van der Waals surface area contributed by atoms with Crippen LogP contribution in [0.25, 0.3) is 0 Å². The summed E-state index contributed by atoms with van der Waals surface area (Å²) in [7, 11) is 2.21. The number of esters is 2. The molecule has 0 saturated carbocycles. The van der Waals surface area contributed by atoms with Crippen molar-refractivity contribution in [2.45, 2.75) is 13.3 Å². The lowest BCUT2D eigenvalue weighted by atomic mass is 9.68. The van der Waals surface area contributed by atoms with E-state index in [0.29, 0.717) is 0 Å². The van der Waals surface area contributed by atoms with Gasteiger partial charge in [-0.05, 0) is 13.0 Å². The van der Waals surface area contributed by atoms with Crippen LogP contribution < -0.4 is 0 Å². The van der Waals surface area contributed by atoms with Gasteiger partial charge in [0.15, 0.2) is 11.2 Å². The predicted octanol–water partition coefficient (Wildman–Crippen LogP) is 0.0530. The number of ether oxygens (including phenoxy) is 2. The number of Topliss-reactive ketones (excluding diaryl/α,β-unsaturated/α-hetero) is 1. The molecular weight excluding hydrogens is 240 g/mol. The van der Waals surface area contributed by atoms with Gasteiger partial charge in [-0.2, -0.15) is 0 Å². The Balaban J connectivity index is 3.42. The van der Waals surface area contributed by atoms with E-state index in [0.717, 1.165) is 26.4 Å². The monoisotopic (exact) mass is 254 g/mol. The van der Waals surface area contributed by atoms with Gasteiger partial charge in [0.25, 0.3) is 0 Å². The Morgan fingerprint density at radius 3 is 2.11 bits per heavy atom. The molecule has 1 aliphatic rings. The van der Waals surface area contributed by atoms with Gasteiger partial charge in [0.2, 0.25) is 0 Å². The highest BCUT2D eigenvalue weighted by Crippen LogP contribution is 2.39. The second-order valence-corrected chi connectivity index (χ2v) is 4.02. The van der Waals surface area contributed by atoms with Gasteiger partial charge in [0.1, 0.15) is 5.78 Å². The Hall–Kier alpha value is -1.98. The van der Waals surface area contributed by atoms with Gasteiger partial charge >= 0.3 is 11.9 Å². The summed E-state index contributed by atoms with van der Waals surface area (Å²) in [5.74, 6) is -3.66. The molecule has 6 heteroatoms. The number of carbonyl (C=O) groups is 4. The van der Waals surface area contributed by atoms with Crippen molar-refractivity contribution < 1.29 is 28.7 Å². The molecule has 98 valence electrons. The van der Waals surface area contributed by atoms with Gasteiger partial charge in [-0.3, -0.25) is 19.2 Å². The van der Waals surface area contributed by atoms with E-state index in [1.165, 1.54) is 6.92 Å². The molecule has 0 aromatic rings. The maximum atomic E-state index is 11.9. The van der Waals surface area contributed by atoms with Crippen LogP contribution in [0.3, 0.4) is 0 Å². The standard InChI is InChI=1S/C12H14O6/c1-7(13)9-6-8(14)4-5-12(9,10(15)17-2)11(16)18-3/h4-5,9H,6H2,1-3H3. The Morgan fingerprint density at radius 1 is 1.22 bits per heavy atom.